The van der Waals surface area contributed by atoms with Gasteiger partial charge in [-0.3, -0.25) is 4.18 Å². The van der Waals surface area contributed by atoms with E-state index in [1.165, 1.54) is 24.3 Å². The molecule has 0 aliphatic rings. The molecule has 0 saturated carbocycles. The zero-order chi connectivity index (χ0) is 22.5. The highest BCUT2D eigenvalue weighted by Crippen LogP contribution is 2.14. The van der Waals surface area contributed by atoms with Crippen LogP contribution < -0.4 is 0 Å². The highest BCUT2D eigenvalue weighted by molar-refractivity contribution is 8.13. The van der Waals surface area contributed by atoms with Crippen LogP contribution in [-0.4, -0.2) is 58.6 Å². The summed E-state index contributed by atoms with van der Waals surface area (Å²) in [5.74, 6) is 0. The van der Waals surface area contributed by atoms with E-state index in [1.54, 1.807) is 24.3 Å². The first kappa shape index (κ1) is 27.5. The van der Waals surface area contributed by atoms with Crippen molar-refractivity contribution in [2.45, 2.75) is 23.6 Å². The Morgan fingerprint density at radius 1 is 0.724 bits per heavy atom. The molecule has 2 rings (SSSR count). The summed E-state index contributed by atoms with van der Waals surface area (Å²) in [5.41, 5.74) is 1.99. The van der Waals surface area contributed by atoms with Gasteiger partial charge in [-0.05, 0) is 38.1 Å². The first-order valence-corrected chi connectivity index (χ1v) is 12.0. The number of aliphatic hydroxyl groups excluding tert-OH is 3. The smallest absolute Gasteiger partial charge is 0.297 e. The molecule has 11 heteroatoms. The van der Waals surface area contributed by atoms with Gasteiger partial charge in [-0.15, -0.1) is 0 Å². The molecule has 0 radical (unpaired) electrons. The predicted octanol–water partition coefficient (Wildman–Crippen LogP) is 1.59. The zero-order valence-electron chi connectivity index (χ0n) is 16.0. The summed E-state index contributed by atoms with van der Waals surface area (Å²) in [6.45, 7) is 2.97. The van der Waals surface area contributed by atoms with Crippen molar-refractivity contribution < 1.29 is 36.3 Å². The molecule has 2 aromatic rings. The van der Waals surface area contributed by atoms with Crippen molar-refractivity contribution in [2.24, 2.45) is 0 Å². The molecule has 8 nitrogen and oxygen atoms in total. The third-order valence-electron chi connectivity index (χ3n) is 3.04. The summed E-state index contributed by atoms with van der Waals surface area (Å²) >= 11 is 0. The quantitative estimate of drug-likeness (QED) is 0.429. The van der Waals surface area contributed by atoms with Crippen LogP contribution in [0.4, 0.5) is 0 Å². The Morgan fingerprint density at radius 2 is 1.10 bits per heavy atom. The second-order valence-corrected chi connectivity index (χ2v) is 9.69. The third-order valence-corrected chi connectivity index (χ3v) is 5.74. The molecule has 0 fully saturated rings. The number of benzene rings is 2. The van der Waals surface area contributed by atoms with E-state index in [4.69, 9.17) is 26.0 Å². The van der Waals surface area contributed by atoms with Crippen molar-refractivity contribution in [3.05, 3.63) is 59.7 Å². The van der Waals surface area contributed by atoms with Gasteiger partial charge in [0.05, 0.1) is 36.2 Å². The van der Waals surface area contributed by atoms with Crippen LogP contribution in [0.2, 0.25) is 0 Å². The maximum Gasteiger partial charge on any atom is 0.297 e. The lowest BCUT2D eigenvalue weighted by molar-refractivity contribution is 0.186. The molecule has 3 N–H and O–H groups in total. The van der Waals surface area contributed by atoms with Crippen molar-refractivity contribution in [1.29, 1.82) is 0 Å². The van der Waals surface area contributed by atoms with E-state index < -0.39 is 19.2 Å². The molecule has 0 unspecified atom stereocenters. The minimum Gasteiger partial charge on any atom is -0.394 e. The molecule has 0 spiro atoms. The maximum absolute atomic E-state index is 11.4. The molecule has 0 aromatic heterocycles. The standard InChI is InChI=1S/C9H12O4S.C7H7ClO2S.C2H6O2/c1-8-2-4-9(5-3-8)14(11,12)13-7-6-10;1-6-2-4-7(5-3-6)11(8,9)10;3-1-2-4/h2-5,10H,6-7H2,1H3;2-5H,1H3;3-4H,1-2H2. The van der Waals surface area contributed by atoms with Gasteiger partial charge < -0.3 is 15.3 Å². The average Bonchev–Trinajstić information content (AvgIpc) is 2.67. The van der Waals surface area contributed by atoms with E-state index in [0.29, 0.717) is 0 Å². The molecular formula is C18H25ClO8S2. The Balaban J connectivity index is 0.000000466. The maximum atomic E-state index is 11.4. The molecular weight excluding hydrogens is 444 g/mol. The van der Waals surface area contributed by atoms with E-state index in [9.17, 15) is 16.8 Å². The van der Waals surface area contributed by atoms with Crippen LogP contribution in [0.25, 0.3) is 0 Å². The average molecular weight is 469 g/mol. The highest BCUT2D eigenvalue weighted by atomic mass is 35.7. The Kier molecular flexibility index (Phi) is 12.9. The summed E-state index contributed by atoms with van der Waals surface area (Å²) in [7, 11) is -2.16. The van der Waals surface area contributed by atoms with Crippen LogP contribution >= 0.6 is 10.7 Å². The molecule has 0 bridgehead atoms. The second-order valence-electron chi connectivity index (χ2n) is 5.51. The van der Waals surface area contributed by atoms with Gasteiger partial charge in [-0.2, -0.15) is 8.42 Å². The van der Waals surface area contributed by atoms with Gasteiger partial charge in [-0.25, -0.2) is 8.42 Å². The van der Waals surface area contributed by atoms with Crippen molar-refractivity contribution in [1.82, 2.24) is 0 Å². The SMILES string of the molecule is Cc1ccc(S(=O)(=O)Cl)cc1.Cc1ccc(S(=O)(=O)OCCO)cc1.OCCO. The lowest BCUT2D eigenvalue weighted by atomic mass is 10.2. The summed E-state index contributed by atoms with van der Waals surface area (Å²) < 4.78 is 48.7. The van der Waals surface area contributed by atoms with Crippen molar-refractivity contribution in [2.75, 3.05) is 26.4 Å². The summed E-state index contributed by atoms with van der Waals surface area (Å²) in [4.78, 5) is 0.251. The second kappa shape index (κ2) is 13.6. The lowest BCUT2D eigenvalue weighted by Gasteiger charge is -2.03. The molecule has 0 aliphatic carbocycles. The molecule has 0 aliphatic heterocycles. The highest BCUT2D eigenvalue weighted by Gasteiger charge is 2.13. The van der Waals surface area contributed by atoms with E-state index in [1.807, 2.05) is 13.8 Å². The number of halogens is 1. The molecule has 164 valence electrons. The van der Waals surface area contributed by atoms with Crippen LogP contribution in [-0.2, 0) is 23.4 Å². The zero-order valence-corrected chi connectivity index (χ0v) is 18.4. The number of aliphatic hydroxyl groups is 3. The fourth-order valence-electron chi connectivity index (χ4n) is 1.62. The van der Waals surface area contributed by atoms with Crippen molar-refractivity contribution in [3.8, 4) is 0 Å². The largest absolute Gasteiger partial charge is 0.394 e. The van der Waals surface area contributed by atoms with Crippen LogP contribution in [0.3, 0.4) is 0 Å². The van der Waals surface area contributed by atoms with Crippen molar-refractivity contribution in [3.63, 3.8) is 0 Å². The fourth-order valence-corrected chi connectivity index (χ4v) is 3.29. The van der Waals surface area contributed by atoms with Gasteiger partial charge in [0.2, 0.25) is 0 Å². The fraction of sp³-hybridized carbons (Fsp3) is 0.333. The Labute approximate surface area is 175 Å². The number of hydrogen-bond acceptors (Lipinski definition) is 8. The molecule has 0 atom stereocenters. The van der Waals surface area contributed by atoms with Gasteiger partial charge in [0, 0.05) is 10.7 Å². The third kappa shape index (κ3) is 11.9. The number of rotatable bonds is 6. The van der Waals surface area contributed by atoms with Crippen LogP contribution in [0.1, 0.15) is 11.1 Å². The molecule has 0 heterocycles. The van der Waals surface area contributed by atoms with Crippen LogP contribution in [0, 0.1) is 13.8 Å². The number of hydrogen-bond donors (Lipinski definition) is 3. The molecule has 29 heavy (non-hydrogen) atoms. The summed E-state index contributed by atoms with van der Waals surface area (Å²) in [6, 6.07) is 12.7. The summed E-state index contributed by atoms with van der Waals surface area (Å²) in [5, 5.41) is 23.7. The van der Waals surface area contributed by atoms with Gasteiger partial charge in [0.25, 0.3) is 19.2 Å². The Bertz CT molecular complexity index is 907. The van der Waals surface area contributed by atoms with Gasteiger partial charge in [-0.1, -0.05) is 35.4 Å². The van der Waals surface area contributed by atoms with Crippen LogP contribution in [0.5, 0.6) is 0 Å². The Hall–Kier alpha value is -1.53. The summed E-state index contributed by atoms with van der Waals surface area (Å²) in [6.07, 6.45) is 0. The first-order valence-electron chi connectivity index (χ1n) is 8.28. The normalized spacial score (nSPS) is 11.0. The van der Waals surface area contributed by atoms with Gasteiger partial charge >= 0.3 is 0 Å². The topological polar surface area (TPSA) is 138 Å². The molecule has 0 amide bonds. The van der Waals surface area contributed by atoms with Crippen molar-refractivity contribution >= 4 is 29.9 Å². The van der Waals surface area contributed by atoms with E-state index in [2.05, 4.69) is 4.18 Å². The van der Waals surface area contributed by atoms with Crippen LogP contribution in [0.15, 0.2) is 58.3 Å². The van der Waals surface area contributed by atoms with Gasteiger partial charge in [0.1, 0.15) is 0 Å². The molecule has 0 saturated heterocycles. The van der Waals surface area contributed by atoms with E-state index >= 15 is 0 Å². The van der Waals surface area contributed by atoms with E-state index in [-0.39, 0.29) is 36.2 Å². The monoisotopic (exact) mass is 468 g/mol. The van der Waals surface area contributed by atoms with E-state index in [0.717, 1.165) is 11.1 Å². The van der Waals surface area contributed by atoms with Gasteiger partial charge in [0.15, 0.2) is 0 Å². The lowest BCUT2D eigenvalue weighted by Crippen LogP contribution is -2.09. The minimum absolute atomic E-state index is 0.108. The molecule has 2 aromatic carbocycles. The first-order chi connectivity index (χ1) is 13.5. The Morgan fingerprint density at radius 3 is 1.41 bits per heavy atom. The number of aryl methyl sites for hydroxylation is 2. The minimum atomic E-state index is -3.70. The predicted molar refractivity (Wildman–Crippen MR) is 110 cm³/mol.